The van der Waals surface area contributed by atoms with Gasteiger partial charge in [0.25, 0.3) is 0 Å². The number of benzene rings is 1. The summed E-state index contributed by atoms with van der Waals surface area (Å²) >= 11 is 0. The van der Waals surface area contributed by atoms with E-state index < -0.39 is 7.12 Å². The van der Waals surface area contributed by atoms with Crippen LogP contribution in [0.3, 0.4) is 0 Å². The van der Waals surface area contributed by atoms with E-state index in [1.54, 1.807) is 12.1 Å². The summed E-state index contributed by atoms with van der Waals surface area (Å²) < 4.78 is 11.0. The molecule has 1 saturated heterocycles. The highest BCUT2D eigenvalue weighted by Gasteiger charge is 2.19. The molecule has 1 aromatic carbocycles. The van der Waals surface area contributed by atoms with Crippen LogP contribution in [0.4, 0.5) is 5.69 Å². The van der Waals surface area contributed by atoms with E-state index >= 15 is 0 Å². The fourth-order valence-electron chi connectivity index (χ4n) is 1.86. The Bertz CT molecular complexity index is 452. The van der Waals surface area contributed by atoms with Gasteiger partial charge in [-0.25, -0.2) is 4.85 Å². The van der Waals surface area contributed by atoms with E-state index in [2.05, 4.69) is 4.85 Å². The van der Waals surface area contributed by atoms with E-state index in [0.29, 0.717) is 30.1 Å². The maximum absolute atomic E-state index is 9.05. The Hall–Kier alpha value is -1.55. The molecule has 2 N–H and O–H groups in total. The Labute approximate surface area is 106 Å². The molecular weight excluding hydrogens is 233 g/mol. The minimum absolute atomic E-state index is 0.0594. The van der Waals surface area contributed by atoms with E-state index in [1.165, 1.54) is 6.07 Å². The monoisotopic (exact) mass is 247 g/mol. The van der Waals surface area contributed by atoms with E-state index in [1.807, 2.05) is 0 Å². The molecule has 5 nitrogen and oxygen atoms in total. The fraction of sp³-hybridized carbons (Fsp3) is 0.417. The average molecular weight is 247 g/mol. The van der Waals surface area contributed by atoms with Gasteiger partial charge in [0.2, 0.25) is 5.69 Å². The molecule has 0 saturated carbocycles. The number of hydrogen-bond donors (Lipinski definition) is 2. The summed E-state index contributed by atoms with van der Waals surface area (Å²) in [5.74, 6) is 0.487. The number of hydrogen-bond acceptors (Lipinski definition) is 4. The zero-order valence-corrected chi connectivity index (χ0v) is 9.87. The van der Waals surface area contributed by atoms with Gasteiger partial charge in [-0.05, 0) is 11.5 Å². The lowest BCUT2D eigenvalue weighted by Crippen LogP contribution is -2.30. The summed E-state index contributed by atoms with van der Waals surface area (Å²) in [6.07, 6.45) is 1.67. The second kappa shape index (κ2) is 5.87. The van der Waals surface area contributed by atoms with Crippen molar-refractivity contribution >= 4 is 18.3 Å². The first kappa shape index (κ1) is 12.9. The highest BCUT2D eigenvalue weighted by Crippen LogP contribution is 2.28. The zero-order valence-electron chi connectivity index (χ0n) is 9.87. The van der Waals surface area contributed by atoms with Gasteiger partial charge in [-0.1, -0.05) is 12.1 Å². The van der Waals surface area contributed by atoms with Crippen LogP contribution in [0.25, 0.3) is 4.85 Å². The normalized spacial score (nSPS) is 16.1. The molecule has 94 valence electrons. The van der Waals surface area contributed by atoms with Crippen molar-refractivity contribution in [3.05, 3.63) is 29.6 Å². The first-order chi connectivity index (χ1) is 8.70. The number of ether oxygens (including phenoxy) is 2. The van der Waals surface area contributed by atoms with E-state index in [4.69, 9.17) is 26.1 Å². The van der Waals surface area contributed by atoms with Crippen LogP contribution in [-0.2, 0) is 4.74 Å². The maximum atomic E-state index is 9.05. The molecule has 0 aromatic heterocycles. The third kappa shape index (κ3) is 3.02. The second-order valence-corrected chi connectivity index (χ2v) is 4.14. The highest BCUT2D eigenvalue weighted by molar-refractivity contribution is 6.58. The van der Waals surface area contributed by atoms with Gasteiger partial charge in [-0.3, -0.25) is 0 Å². The summed E-state index contributed by atoms with van der Waals surface area (Å²) in [6, 6.07) is 4.60. The largest absolute Gasteiger partial charge is 0.501 e. The smallest absolute Gasteiger partial charge is 0.487 e. The Kier molecular flexibility index (Phi) is 4.21. The molecule has 18 heavy (non-hydrogen) atoms. The van der Waals surface area contributed by atoms with Gasteiger partial charge in [-0.2, -0.15) is 0 Å². The van der Waals surface area contributed by atoms with Gasteiger partial charge in [0.05, 0.1) is 19.8 Å². The lowest BCUT2D eigenvalue weighted by Gasteiger charge is -2.24. The molecule has 1 aliphatic rings. The SMILES string of the molecule is [C-]#[N+]c1cc(B(O)O)ccc1OC1CCOCC1. The molecule has 1 fully saturated rings. The minimum atomic E-state index is -1.57. The van der Waals surface area contributed by atoms with E-state index in [-0.39, 0.29) is 6.10 Å². The van der Waals surface area contributed by atoms with Crippen molar-refractivity contribution in [2.75, 3.05) is 13.2 Å². The standard InChI is InChI=1S/C12H14BNO4/c1-14-11-8-9(13(15)16)2-3-12(11)18-10-4-6-17-7-5-10/h2-3,8,10,15-16H,4-7H2. The van der Waals surface area contributed by atoms with Crippen LogP contribution < -0.4 is 10.2 Å². The molecule has 0 bridgehead atoms. The average Bonchev–Trinajstić information content (AvgIpc) is 2.40. The Morgan fingerprint density at radius 3 is 2.67 bits per heavy atom. The minimum Gasteiger partial charge on any atom is -0.501 e. The molecule has 0 radical (unpaired) electrons. The van der Waals surface area contributed by atoms with Crippen LogP contribution in [-0.4, -0.2) is 36.5 Å². The predicted octanol–water partition coefficient (Wildman–Crippen LogP) is 0.475. The van der Waals surface area contributed by atoms with Crippen LogP contribution in [0.15, 0.2) is 18.2 Å². The quantitative estimate of drug-likeness (QED) is 0.602. The number of nitrogens with zero attached hydrogens (tertiary/aromatic N) is 1. The lowest BCUT2D eigenvalue weighted by atomic mass is 9.80. The van der Waals surface area contributed by atoms with Crippen LogP contribution in [0, 0.1) is 6.57 Å². The van der Waals surface area contributed by atoms with Crippen LogP contribution in [0.5, 0.6) is 5.75 Å². The molecule has 1 aliphatic heterocycles. The molecule has 0 spiro atoms. The molecular formula is C12H14BNO4. The molecule has 0 aliphatic carbocycles. The van der Waals surface area contributed by atoms with E-state index in [9.17, 15) is 0 Å². The Morgan fingerprint density at radius 1 is 1.33 bits per heavy atom. The molecule has 1 aromatic rings. The molecule has 6 heteroatoms. The van der Waals surface area contributed by atoms with E-state index in [0.717, 1.165) is 12.8 Å². The third-order valence-corrected chi connectivity index (χ3v) is 2.86. The zero-order chi connectivity index (χ0) is 13.0. The summed E-state index contributed by atoms with van der Waals surface area (Å²) in [5.41, 5.74) is 0.590. The van der Waals surface area contributed by atoms with Crippen molar-refractivity contribution in [3.8, 4) is 5.75 Å². The van der Waals surface area contributed by atoms with Crippen molar-refractivity contribution in [2.45, 2.75) is 18.9 Å². The van der Waals surface area contributed by atoms with Gasteiger partial charge in [-0.15, -0.1) is 0 Å². The van der Waals surface area contributed by atoms with Crippen molar-refractivity contribution in [1.29, 1.82) is 0 Å². The van der Waals surface area contributed by atoms with Gasteiger partial charge in [0, 0.05) is 12.8 Å². The van der Waals surface area contributed by atoms with Crippen molar-refractivity contribution < 1.29 is 19.5 Å². The predicted molar refractivity (Wildman–Crippen MR) is 67.0 cm³/mol. The Morgan fingerprint density at radius 2 is 2.06 bits per heavy atom. The van der Waals surface area contributed by atoms with Gasteiger partial charge < -0.3 is 19.5 Å². The lowest BCUT2D eigenvalue weighted by molar-refractivity contribution is 0.0259. The van der Waals surface area contributed by atoms with Crippen molar-refractivity contribution in [3.63, 3.8) is 0 Å². The highest BCUT2D eigenvalue weighted by atomic mass is 16.5. The summed E-state index contributed by atoms with van der Waals surface area (Å²) in [6.45, 7) is 8.44. The van der Waals surface area contributed by atoms with Gasteiger partial charge >= 0.3 is 7.12 Å². The van der Waals surface area contributed by atoms with Crippen LogP contribution in [0.2, 0.25) is 0 Å². The molecule has 2 rings (SSSR count). The Balaban J connectivity index is 2.14. The number of rotatable bonds is 3. The van der Waals surface area contributed by atoms with Gasteiger partial charge in [0.15, 0.2) is 0 Å². The topological polar surface area (TPSA) is 63.3 Å². The molecule has 0 unspecified atom stereocenters. The van der Waals surface area contributed by atoms with Crippen LogP contribution in [0.1, 0.15) is 12.8 Å². The summed E-state index contributed by atoms with van der Waals surface area (Å²) in [5, 5.41) is 18.1. The maximum Gasteiger partial charge on any atom is 0.487 e. The van der Waals surface area contributed by atoms with Gasteiger partial charge in [0.1, 0.15) is 11.9 Å². The first-order valence-corrected chi connectivity index (χ1v) is 5.82. The fourth-order valence-corrected chi connectivity index (χ4v) is 1.86. The summed E-state index contributed by atoms with van der Waals surface area (Å²) in [4.78, 5) is 3.35. The third-order valence-electron chi connectivity index (χ3n) is 2.86. The van der Waals surface area contributed by atoms with Crippen molar-refractivity contribution in [1.82, 2.24) is 0 Å². The first-order valence-electron chi connectivity index (χ1n) is 5.82. The van der Waals surface area contributed by atoms with Crippen molar-refractivity contribution in [2.24, 2.45) is 0 Å². The molecule has 1 heterocycles. The summed E-state index contributed by atoms with van der Waals surface area (Å²) in [7, 11) is -1.57. The second-order valence-electron chi connectivity index (χ2n) is 4.14. The molecule has 0 amide bonds. The van der Waals surface area contributed by atoms with Crippen LogP contribution >= 0.6 is 0 Å². The molecule has 0 atom stereocenters.